The molecule has 178 valence electrons. The third kappa shape index (κ3) is 4.37. The molecule has 0 atom stereocenters. The molecule has 34 heavy (non-hydrogen) atoms. The van der Waals surface area contributed by atoms with E-state index in [4.69, 9.17) is 18.6 Å². The van der Waals surface area contributed by atoms with Gasteiger partial charge in [0.15, 0.2) is 0 Å². The van der Waals surface area contributed by atoms with Crippen LogP contribution < -0.4 is 9.47 Å². The maximum Gasteiger partial charge on any atom is 0.257 e. The van der Waals surface area contributed by atoms with Crippen LogP contribution in [0.4, 0.5) is 0 Å². The Labute approximate surface area is 195 Å². The summed E-state index contributed by atoms with van der Waals surface area (Å²) in [4.78, 5) is 4.29. The number of aromatic hydroxyl groups is 2. The summed E-state index contributed by atoms with van der Waals surface area (Å²) in [6, 6.07) is 5.22. The monoisotopic (exact) mass is 467 g/mol. The Morgan fingerprint density at radius 1 is 1.03 bits per heavy atom. The Bertz CT molecular complexity index is 1280. The lowest BCUT2D eigenvalue weighted by Gasteiger charge is -2.18. The van der Waals surface area contributed by atoms with E-state index < -0.39 is 5.88 Å². The van der Waals surface area contributed by atoms with Gasteiger partial charge in [0, 0.05) is 19.9 Å². The third-order valence-electron chi connectivity index (χ3n) is 5.14. The van der Waals surface area contributed by atoms with E-state index in [9.17, 15) is 10.2 Å². The van der Waals surface area contributed by atoms with Crippen LogP contribution in [0.15, 0.2) is 35.0 Å². The van der Waals surface area contributed by atoms with Crippen molar-refractivity contribution in [3.8, 4) is 45.7 Å². The minimum Gasteiger partial charge on any atom is -0.506 e. The van der Waals surface area contributed by atoms with Crippen LogP contribution in [-0.2, 0) is 24.8 Å². The fourth-order valence-corrected chi connectivity index (χ4v) is 3.63. The average molecular weight is 467 g/mol. The Balaban J connectivity index is 1.87. The van der Waals surface area contributed by atoms with Gasteiger partial charge in [-0.3, -0.25) is 4.68 Å². The van der Waals surface area contributed by atoms with E-state index in [2.05, 4.69) is 20.3 Å². The minimum absolute atomic E-state index is 0.0323. The fourth-order valence-electron chi connectivity index (χ4n) is 3.63. The van der Waals surface area contributed by atoms with Crippen molar-refractivity contribution < 1.29 is 28.8 Å². The predicted molar refractivity (Wildman–Crippen MR) is 121 cm³/mol. The lowest BCUT2D eigenvalue weighted by molar-refractivity contribution is 0.131. The molecule has 0 aliphatic rings. The number of rotatable bonds is 9. The lowest BCUT2D eigenvalue weighted by atomic mass is 9.98. The Morgan fingerprint density at radius 2 is 1.76 bits per heavy atom. The van der Waals surface area contributed by atoms with Crippen molar-refractivity contribution in [3.05, 3.63) is 47.7 Å². The molecule has 3 aromatic heterocycles. The summed E-state index contributed by atoms with van der Waals surface area (Å²) >= 11 is 0. The molecule has 11 nitrogen and oxygen atoms in total. The van der Waals surface area contributed by atoms with Crippen molar-refractivity contribution in [1.82, 2.24) is 25.0 Å². The SMILES string of the molecule is CCOCc1nc(O)c(-c2nnc(Cc3cnn(C)c3)o2)c(O)c1-c1c(OC)cccc1OC. The summed E-state index contributed by atoms with van der Waals surface area (Å²) < 4.78 is 24.0. The molecule has 0 saturated heterocycles. The quantitative estimate of drug-likeness (QED) is 0.378. The molecular weight excluding hydrogens is 442 g/mol. The number of hydrogen-bond acceptors (Lipinski definition) is 10. The van der Waals surface area contributed by atoms with Gasteiger partial charge >= 0.3 is 0 Å². The van der Waals surface area contributed by atoms with Gasteiger partial charge in [-0.05, 0) is 24.6 Å². The summed E-state index contributed by atoms with van der Waals surface area (Å²) in [5.74, 6) is 0.293. The predicted octanol–water partition coefficient (Wildman–Crippen LogP) is 3.09. The first kappa shape index (κ1) is 23.1. The number of nitrogens with zero attached hydrogens (tertiary/aromatic N) is 5. The largest absolute Gasteiger partial charge is 0.506 e. The van der Waals surface area contributed by atoms with Gasteiger partial charge in [0.05, 0.1) is 50.3 Å². The van der Waals surface area contributed by atoms with Crippen molar-refractivity contribution >= 4 is 0 Å². The maximum atomic E-state index is 11.4. The molecule has 0 aliphatic heterocycles. The molecule has 0 bridgehead atoms. The van der Waals surface area contributed by atoms with Crippen LogP contribution in [-0.4, -0.2) is 56.0 Å². The molecule has 2 N–H and O–H groups in total. The van der Waals surface area contributed by atoms with Gasteiger partial charge in [-0.1, -0.05) is 6.07 Å². The molecule has 3 heterocycles. The van der Waals surface area contributed by atoms with Crippen LogP contribution in [0.5, 0.6) is 23.1 Å². The van der Waals surface area contributed by atoms with Crippen molar-refractivity contribution in [1.29, 1.82) is 0 Å². The molecule has 0 unspecified atom stereocenters. The second kappa shape index (κ2) is 9.79. The Hall–Kier alpha value is -4.12. The highest BCUT2D eigenvalue weighted by atomic mass is 16.5. The lowest BCUT2D eigenvalue weighted by Crippen LogP contribution is -2.03. The topological polar surface area (TPSA) is 138 Å². The number of benzene rings is 1. The van der Waals surface area contributed by atoms with Gasteiger partial charge in [0.25, 0.3) is 5.89 Å². The smallest absolute Gasteiger partial charge is 0.257 e. The molecule has 0 fully saturated rings. The summed E-state index contributed by atoms with van der Waals surface area (Å²) in [6.45, 7) is 2.28. The molecule has 4 rings (SSSR count). The summed E-state index contributed by atoms with van der Waals surface area (Å²) in [5.41, 5.74) is 1.77. The Kier molecular flexibility index (Phi) is 6.64. The van der Waals surface area contributed by atoms with Gasteiger partial charge in [-0.15, -0.1) is 10.2 Å². The van der Waals surface area contributed by atoms with Crippen molar-refractivity contribution in [2.75, 3.05) is 20.8 Å². The van der Waals surface area contributed by atoms with E-state index in [1.807, 2.05) is 20.2 Å². The number of methoxy groups -OCH3 is 2. The van der Waals surface area contributed by atoms with E-state index in [1.165, 1.54) is 14.2 Å². The Morgan fingerprint density at radius 3 is 2.38 bits per heavy atom. The number of aryl methyl sites for hydroxylation is 1. The second-order valence-electron chi connectivity index (χ2n) is 7.36. The zero-order valence-corrected chi connectivity index (χ0v) is 19.3. The molecule has 0 amide bonds. The molecule has 1 aromatic carbocycles. The first-order chi connectivity index (χ1) is 16.5. The van der Waals surface area contributed by atoms with E-state index >= 15 is 0 Å². The maximum absolute atomic E-state index is 11.4. The van der Waals surface area contributed by atoms with Crippen LogP contribution in [0.2, 0.25) is 0 Å². The van der Waals surface area contributed by atoms with Crippen LogP contribution in [0, 0.1) is 0 Å². The van der Waals surface area contributed by atoms with Crippen LogP contribution >= 0.6 is 0 Å². The number of pyridine rings is 1. The van der Waals surface area contributed by atoms with Crippen molar-refractivity contribution in [3.63, 3.8) is 0 Å². The molecule has 0 aliphatic carbocycles. The van der Waals surface area contributed by atoms with Crippen LogP contribution in [0.1, 0.15) is 24.1 Å². The molecule has 4 aromatic rings. The molecule has 11 heteroatoms. The summed E-state index contributed by atoms with van der Waals surface area (Å²) in [7, 11) is 4.83. The number of ether oxygens (including phenoxy) is 3. The third-order valence-corrected chi connectivity index (χ3v) is 5.14. The normalized spacial score (nSPS) is 11.1. The van der Waals surface area contributed by atoms with Crippen molar-refractivity contribution in [2.24, 2.45) is 7.05 Å². The van der Waals surface area contributed by atoms with Crippen molar-refractivity contribution in [2.45, 2.75) is 20.0 Å². The first-order valence-corrected chi connectivity index (χ1v) is 10.5. The molecule has 0 radical (unpaired) electrons. The minimum atomic E-state index is -0.471. The van der Waals surface area contributed by atoms with Gasteiger partial charge in [-0.2, -0.15) is 5.10 Å². The standard InChI is InChI=1S/C23H25N5O6/c1-5-33-12-14-18(19-15(31-3)7-6-8-16(19)32-4)21(29)20(22(30)25-14)23-27-26-17(34-23)9-13-10-24-28(2)11-13/h6-8,10-11H,5,9,12H2,1-4H3,(H2,25,29,30). The number of aromatic nitrogens is 5. The van der Waals surface area contributed by atoms with E-state index in [1.54, 1.807) is 29.1 Å². The van der Waals surface area contributed by atoms with Gasteiger partial charge in [0.1, 0.15) is 22.8 Å². The zero-order valence-electron chi connectivity index (χ0n) is 19.3. The van der Waals surface area contributed by atoms with Crippen LogP contribution in [0.3, 0.4) is 0 Å². The van der Waals surface area contributed by atoms with Gasteiger partial charge < -0.3 is 28.8 Å². The van der Waals surface area contributed by atoms with Crippen LogP contribution in [0.25, 0.3) is 22.6 Å². The number of hydrogen-bond donors (Lipinski definition) is 2. The highest BCUT2D eigenvalue weighted by molar-refractivity contribution is 5.88. The second-order valence-corrected chi connectivity index (χ2v) is 7.36. The first-order valence-electron chi connectivity index (χ1n) is 10.5. The highest BCUT2D eigenvalue weighted by Gasteiger charge is 2.29. The summed E-state index contributed by atoms with van der Waals surface area (Å²) in [6.07, 6.45) is 3.86. The van der Waals surface area contributed by atoms with E-state index in [0.29, 0.717) is 35.8 Å². The molecule has 0 saturated carbocycles. The van der Waals surface area contributed by atoms with Gasteiger partial charge in [-0.25, -0.2) is 4.98 Å². The van der Waals surface area contributed by atoms with E-state index in [-0.39, 0.29) is 35.3 Å². The fraction of sp³-hybridized carbons (Fsp3) is 0.304. The summed E-state index contributed by atoms with van der Waals surface area (Å²) in [5, 5.41) is 34.3. The average Bonchev–Trinajstić information content (AvgIpc) is 3.46. The van der Waals surface area contributed by atoms with Gasteiger partial charge in [0.2, 0.25) is 11.8 Å². The molecule has 0 spiro atoms. The highest BCUT2D eigenvalue weighted by Crippen LogP contribution is 2.49. The molecular formula is C23H25N5O6. The van der Waals surface area contributed by atoms with E-state index in [0.717, 1.165) is 5.56 Å². The zero-order chi connectivity index (χ0) is 24.2.